The molecule has 2 aliphatic rings. The third kappa shape index (κ3) is 4.68. The van der Waals surface area contributed by atoms with E-state index >= 15 is 0 Å². The predicted molar refractivity (Wildman–Crippen MR) is 107 cm³/mol. The van der Waals surface area contributed by atoms with E-state index in [0.29, 0.717) is 12.2 Å². The number of hydrogen-bond donors (Lipinski definition) is 1. The van der Waals surface area contributed by atoms with Gasteiger partial charge in [0.2, 0.25) is 0 Å². The molecular weight excluding hydrogens is 338 g/mol. The van der Waals surface area contributed by atoms with E-state index in [-0.39, 0.29) is 5.91 Å². The Morgan fingerprint density at radius 2 is 1.93 bits per heavy atom. The molecule has 1 saturated carbocycles. The maximum absolute atomic E-state index is 12.3. The van der Waals surface area contributed by atoms with Gasteiger partial charge in [-0.3, -0.25) is 9.69 Å². The first-order valence-electron chi connectivity index (χ1n) is 10.5. The number of aromatic nitrogens is 2. The summed E-state index contributed by atoms with van der Waals surface area (Å²) in [5.74, 6) is -0.0826. The third-order valence-corrected chi connectivity index (χ3v) is 6.04. The number of hydrogen-bond acceptors (Lipinski definition) is 4. The number of piperazine rings is 1. The lowest BCUT2D eigenvalue weighted by molar-refractivity contribution is 0.0779. The molecular formula is C21H31N5O. The maximum atomic E-state index is 12.3. The van der Waals surface area contributed by atoms with E-state index in [2.05, 4.69) is 20.2 Å². The van der Waals surface area contributed by atoms with E-state index in [1.807, 2.05) is 30.5 Å². The first kappa shape index (κ1) is 18.4. The van der Waals surface area contributed by atoms with Crippen molar-refractivity contribution >= 4 is 11.4 Å². The summed E-state index contributed by atoms with van der Waals surface area (Å²) in [6, 6.07) is 8.49. The average Bonchev–Trinajstić information content (AvgIpc) is 3.17. The second-order valence-corrected chi connectivity index (χ2v) is 7.88. The third-order valence-electron chi connectivity index (χ3n) is 6.04. The van der Waals surface area contributed by atoms with Crippen molar-refractivity contribution in [3.05, 3.63) is 36.2 Å². The number of carbonyl (C=O) groups excluding carboxylic acids is 1. The molecule has 0 aromatic carbocycles. The quantitative estimate of drug-likeness (QED) is 0.795. The number of nitrogens with one attached hydrogen (secondary N) is 1. The van der Waals surface area contributed by atoms with E-state index in [9.17, 15) is 4.79 Å². The highest BCUT2D eigenvalue weighted by molar-refractivity contribution is 5.93. The fourth-order valence-electron chi connectivity index (χ4n) is 4.44. The topological polar surface area (TPSA) is 52.9 Å². The van der Waals surface area contributed by atoms with Gasteiger partial charge in [-0.15, -0.1) is 0 Å². The predicted octanol–water partition coefficient (Wildman–Crippen LogP) is 2.40. The number of amides is 1. The average molecular weight is 370 g/mol. The normalized spacial score (nSPS) is 20.1. The van der Waals surface area contributed by atoms with Gasteiger partial charge in [0.25, 0.3) is 5.91 Å². The molecule has 2 fully saturated rings. The molecule has 1 aliphatic carbocycles. The minimum absolute atomic E-state index is 0.0826. The van der Waals surface area contributed by atoms with Crippen molar-refractivity contribution in [2.24, 2.45) is 0 Å². The van der Waals surface area contributed by atoms with Crippen molar-refractivity contribution in [2.75, 3.05) is 39.3 Å². The molecule has 146 valence electrons. The van der Waals surface area contributed by atoms with Crippen LogP contribution < -0.4 is 5.32 Å². The highest BCUT2D eigenvalue weighted by atomic mass is 16.1. The van der Waals surface area contributed by atoms with Crippen molar-refractivity contribution in [3.8, 4) is 0 Å². The molecule has 3 heterocycles. The van der Waals surface area contributed by atoms with E-state index in [1.165, 1.54) is 45.2 Å². The van der Waals surface area contributed by atoms with Gasteiger partial charge in [-0.05, 0) is 44.0 Å². The second-order valence-electron chi connectivity index (χ2n) is 7.88. The standard InChI is InChI=1S/C21H31N5O/c27-21(20-17-19-9-4-5-12-26(19)23-20)22-10-6-11-24-13-15-25(16-14-24)18-7-2-1-3-8-18/h4-5,9,12,17-18H,1-3,6-8,10-11,13-16H2,(H,22,27). The van der Waals surface area contributed by atoms with E-state index in [0.717, 1.165) is 37.6 Å². The van der Waals surface area contributed by atoms with Crippen LogP contribution in [0.5, 0.6) is 0 Å². The van der Waals surface area contributed by atoms with Crippen molar-refractivity contribution in [2.45, 2.75) is 44.6 Å². The molecule has 0 spiro atoms. The van der Waals surface area contributed by atoms with Crippen LogP contribution in [-0.4, -0.2) is 70.6 Å². The highest BCUT2D eigenvalue weighted by Gasteiger charge is 2.24. The largest absolute Gasteiger partial charge is 0.351 e. The van der Waals surface area contributed by atoms with Gasteiger partial charge in [0.1, 0.15) is 0 Å². The smallest absolute Gasteiger partial charge is 0.271 e. The summed E-state index contributed by atoms with van der Waals surface area (Å²) in [5.41, 5.74) is 1.43. The zero-order valence-electron chi connectivity index (χ0n) is 16.1. The molecule has 6 heteroatoms. The van der Waals surface area contributed by atoms with Gasteiger partial charge in [0.15, 0.2) is 5.69 Å². The fraction of sp³-hybridized carbons (Fsp3) is 0.619. The van der Waals surface area contributed by atoms with Crippen molar-refractivity contribution < 1.29 is 4.79 Å². The summed E-state index contributed by atoms with van der Waals surface area (Å²) < 4.78 is 1.74. The molecule has 4 rings (SSSR count). The van der Waals surface area contributed by atoms with Crippen LogP contribution in [-0.2, 0) is 0 Å². The fourth-order valence-corrected chi connectivity index (χ4v) is 4.44. The Hall–Kier alpha value is -1.92. The Morgan fingerprint density at radius 1 is 1.11 bits per heavy atom. The molecule has 1 aliphatic heterocycles. The Balaban J connectivity index is 1.15. The monoisotopic (exact) mass is 369 g/mol. The molecule has 1 amide bonds. The van der Waals surface area contributed by atoms with E-state index in [4.69, 9.17) is 0 Å². The first-order valence-corrected chi connectivity index (χ1v) is 10.5. The summed E-state index contributed by atoms with van der Waals surface area (Å²) in [4.78, 5) is 17.5. The van der Waals surface area contributed by atoms with Crippen LogP contribution in [0.3, 0.4) is 0 Å². The minimum Gasteiger partial charge on any atom is -0.351 e. The van der Waals surface area contributed by atoms with Crippen LogP contribution in [0.25, 0.3) is 5.52 Å². The van der Waals surface area contributed by atoms with E-state index < -0.39 is 0 Å². The van der Waals surface area contributed by atoms with Crippen LogP contribution >= 0.6 is 0 Å². The van der Waals surface area contributed by atoms with Crippen LogP contribution in [0.15, 0.2) is 30.5 Å². The Labute approximate surface area is 161 Å². The van der Waals surface area contributed by atoms with Crippen molar-refractivity contribution in [1.82, 2.24) is 24.7 Å². The Morgan fingerprint density at radius 3 is 2.70 bits per heavy atom. The Kier molecular flexibility index (Phi) is 6.04. The summed E-state index contributed by atoms with van der Waals surface area (Å²) in [6.07, 6.45) is 9.90. The summed E-state index contributed by atoms with van der Waals surface area (Å²) >= 11 is 0. The summed E-state index contributed by atoms with van der Waals surface area (Å²) in [5, 5.41) is 7.33. The zero-order chi connectivity index (χ0) is 18.5. The number of fused-ring (bicyclic) bond motifs is 1. The van der Waals surface area contributed by atoms with Crippen LogP contribution in [0.4, 0.5) is 0 Å². The summed E-state index contributed by atoms with van der Waals surface area (Å²) in [7, 11) is 0. The van der Waals surface area contributed by atoms with Crippen molar-refractivity contribution in [1.29, 1.82) is 0 Å². The number of pyridine rings is 1. The minimum atomic E-state index is -0.0826. The van der Waals surface area contributed by atoms with Gasteiger partial charge < -0.3 is 10.2 Å². The lowest BCUT2D eigenvalue weighted by atomic mass is 9.94. The van der Waals surface area contributed by atoms with E-state index in [1.54, 1.807) is 4.52 Å². The molecule has 1 N–H and O–H groups in total. The number of carbonyl (C=O) groups is 1. The first-order chi connectivity index (χ1) is 13.3. The van der Waals surface area contributed by atoms with Crippen LogP contribution in [0.2, 0.25) is 0 Å². The van der Waals surface area contributed by atoms with Gasteiger partial charge >= 0.3 is 0 Å². The lowest BCUT2D eigenvalue weighted by Crippen LogP contribution is -2.51. The van der Waals surface area contributed by atoms with Gasteiger partial charge in [0.05, 0.1) is 5.52 Å². The molecule has 2 aromatic heterocycles. The molecule has 1 saturated heterocycles. The Bertz CT molecular complexity index is 711. The van der Waals surface area contributed by atoms with Crippen LogP contribution in [0, 0.1) is 0 Å². The summed E-state index contributed by atoms with van der Waals surface area (Å²) in [6.45, 7) is 6.50. The van der Waals surface area contributed by atoms with Gasteiger partial charge in [-0.1, -0.05) is 25.3 Å². The van der Waals surface area contributed by atoms with Gasteiger partial charge in [-0.25, -0.2) is 4.52 Å². The molecule has 0 unspecified atom stereocenters. The molecule has 0 radical (unpaired) electrons. The number of nitrogens with zero attached hydrogens (tertiary/aromatic N) is 4. The van der Waals surface area contributed by atoms with Gasteiger partial charge in [0, 0.05) is 45.0 Å². The SMILES string of the molecule is O=C(NCCCN1CCN(C2CCCCC2)CC1)c1cc2ccccn2n1. The molecule has 0 bridgehead atoms. The molecule has 27 heavy (non-hydrogen) atoms. The maximum Gasteiger partial charge on any atom is 0.271 e. The lowest BCUT2D eigenvalue weighted by Gasteiger charge is -2.40. The molecule has 0 atom stereocenters. The van der Waals surface area contributed by atoms with Gasteiger partial charge in [-0.2, -0.15) is 5.10 Å². The molecule has 6 nitrogen and oxygen atoms in total. The zero-order valence-corrected chi connectivity index (χ0v) is 16.1. The van der Waals surface area contributed by atoms with Crippen molar-refractivity contribution in [3.63, 3.8) is 0 Å². The second kappa shape index (κ2) is 8.85. The molecule has 2 aromatic rings. The highest BCUT2D eigenvalue weighted by Crippen LogP contribution is 2.23. The van der Waals surface area contributed by atoms with Crippen LogP contribution in [0.1, 0.15) is 49.0 Å². The number of rotatable bonds is 6.